The Morgan fingerprint density at radius 1 is 1.20 bits per heavy atom. The van der Waals surface area contributed by atoms with E-state index in [-0.39, 0.29) is 22.6 Å². The number of sulfonamides is 1. The number of hydrogen-bond donors (Lipinski definition) is 1. The highest BCUT2D eigenvalue weighted by molar-refractivity contribution is 7.92. The van der Waals surface area contributed by atoms with Crippen LogP contribution < -0.4 is 9.62 Å². The molecule has 0 radical (unpaired) electrons. The molecule has 160 valence electrons. The summed E-state index contributed by atoms with van der Waals surface area (Å²) in [5, 5.41) is 13.7. The molecule has 1 amide bonds. The van der Waals surface area contributed by atoms with Crippen molar-refractivity contribution < 1.29 is 27.7 Å². The quantitative estimate of drug-likeness (QED) is 0.401. The van der Waals surface area contributed by atoms with Crippen molar-refractivity contribution in [2.24, 2.45) is 0 Å². The minimum Gasteiger partial charge on any atom is -0.465 e. The highest BCUT2D eigenvalue weighted by Gasteiger charge is 2.31. The fraction of sp³-hybridized carbons (Fsp3) is 0.263. The lowest BCUT2D eigenvalue weighted by Crippen LogP contribution is -2.45. The fourth-order valence-electron chi connectivity index (χ4n) is 2.85. The summed E-state index contributed by atoms with van der Waals surface area (Å²) in [6, 6.07) is 8.58. The summed E-state index contributed by atoms with van der Waals surface area (Å²) in [6.07, 6.45) is 0.900. The SMILES string of the molecule is COC(=O)c1ccccc1NC(=O)C(C)N(c1cc([N+](=O)[O-])ccc1C)S(C)(=O)=O. The number of nitrogens with one attached hydrogen (secondary N) is 1. The van der Waals surface area contributed by atoms with Crippen molar-refractivity contribution in [3.8, 4) is 0 Å². The number of nitrogens with zero attached hydrogens (tertiary/aromatic N) is 2. The van der Waals surface area contributed by atoms with Crippen LogP contribution in [-0.2, 0) is 19.6 Å². The molecule has 0 aromatic heterocycles. The molecule has 1 atom stereocenters. The third kappa shape index (κ3) is 4.92. The second kappa shape index (κ2) is 8.91. The Morgan fingerprint density at radius 3 is 2.40 bits per heavy atom. The molecule has 11 heteroatoms. The summed E-state index contributed by atoms with van der Waals surface area (Å²) >= 11 is 0. The number of methoxy groups -OCH3 is 1. The summed E-state index contributed by atoms with van der Waals surface area (Å²) in [4.78, 5) is 35.2. The second-order valence-corrected chi connectivity index (χ2v) is 8.35. The number of para-hydroxylation sites is 1. The van der Waals surface area contributed by atoms with E-state index in [0.29, 0.717) is 5.56 Å². The van der Waals surface area contributed by atoms with Crippen molar-refractivity contribution in [2.75, 3.05) is 23.0 Å². The van der Waals surface area contributed by atoms with Gasteiger partial charge in [0.1, 0.15) is 6.04 Å². The van der Waals surface area contributed by atoms with E-state index in [1.165, 1.54) is 38.3 Å². The topological polar surface area (TPSA) is 136 Å². The highest BCUT2D eigenvalue weighted by Crippen LogP contribution is 2.29. The Balaban J connectivity index is 2.46. The molecule has 1 N–H and O–H groups in total. The van der Waals surface area contributed by atoms with Crippen LogP contribution in [-0.4, -0.2) is 44.6 Å². The number of carbonyl (C=O) groups is 2. The summed E-state index contributed by atoms with van der Waals surface area (Å²) in [7, 11) is -2.80. The molecule has 0 bridgehead atoms. The molecule has 0 fully saturated rings. The van der Waals surface area contributed by atoms with Gasteiger partial charge in [0.25, 0.3) is 5.69 Å². The van der Waals surface area contributed by atoms with Gasteiger partial charge in [-0.2, -0.15) is 0 Å². The number of ether oxygens (including phenoxy) is 1. The molecule has 30 heavy (non-hydrogen) atoms. The van der Waals surface area contributed by atoms with Gasteiger partial charge in [-0.05, 0) is 31.5 Å². The molecule has 2 rings (SSSR count). The maximum Gasteiger partial charge on any atom is 0.339 e. The van der Waals surface area contributed by atoms with Crippen molar-refractivity contribution in [3.63, 3.8) is 0 Å². The van der Waals surface area contributed by atoms with Gasteiger partial charge < -0.3 is 10.1 Å². The van der Waals surface area contributed by atoms with Crippen LogP contribution in [0.5, 0.6) is 0 Å². The Morgan fingerprint density at radius 2 is 1.83 bits per heavy atom. The number of rotatable bonds is 7. The highest BCUT2D eigenvalue weighted by atomic mass is 32.2. The van der Waals surface area contributed by atoms with E-state index in [9.17, 15) is 28.1 Å². The summed E-state index contributed by atoms with van der Waals surface area (Å²) in [5.74, 6) is -1.41. The average molecular weight is 435 g/mol. The minimum atomic E-state index is -3.99. The summed E-state index contributed by atoms with van der Waals surface area (Å²) in [6.45, 7) is 2.92. The number of nitro groups is 1. The number of benzene rings is 2. The molecule has 0 heterocycles. The smallest absolute Gasteiger partial charge is 0.339 e. The van der Waals surface area contributed by atoms with Gasteiger partial charge in [0.15, 0.2) is 0 Å². The van der Waals surface area contributed by atoms with Crippen molar-refractivity contribution in [1.82, 2.24) is 0 Å². The van der Waals surface area contributed by atoms with Gasteiger partial charge in [-0.3, -0.25) is 19.2 Å². The van der Waals surface area contributed by atoms with E-state index in [0.717, 1.165) is 16.6 Å². The maximum absolute atomic E-state index is 12.9. The molecular formula is C19H21N3O7S. The van der Waals surface area contributed by atoms with Gasteiger partial charge in [-0.15, -0.1) is 0 Å². The van der Waals surface area contributed by atoms with Crippen LogP contribution in [0, 0.1) is 17.0 Å². The van der Waals surface area contributed by atoms with Crippen LogP contribution in [0.25, 0.3) is 0 Å². The fourth-order valence-corrected chi connectivity index (χ4v) is 4.07. The molecule has 2 aromatic rings. The lowest BCUT2D eigenvalue weighted by atomic mass is 10.1. The van der Waals surface area contributed by atoms with Crippen LogP contribution in [0.15, 0.2) is 42.5 Å². The van der Waals surface area contributed by atoms with Crippen LogP contribution in [0.2, 0.25) is 0 Å². The Bertz CT molecular complexity index is 1100. The largest absolute Gasteiger partial charge is 0.465 e. The Hall–Kier alpha value is -3.47. The maximum atomic E-state index is 12.9. The Labute approximate surface area is 173 Å². The van der Waals surface area contributed by atoms with Gasteiger partial charge in [0.05, 0.1) is 35.2 Å². The average Bonchev–Trinajstić information content (AvgIpc) is 2.68. The number of anilines is 2. The zero-order valence-corrected chi connectivity index (χ0v) is 17.6. The van der Waals surface area contributed by atoms with Gasteiger partial charge in [-0.25, -0.2) is 13.2 Å². The molecule has 0 aliphatic heterocycles. The van der Waals surface area contributed by atoms with Gasteiger partial charge in [0, 0.05) is 12.1 Å². The molecule has 0 spiro atoms. The standard InChI is InChI=1S/C19H21N3O7S/c1-12-9-10-14(22(25)26)11-17(12)21(30(4,27)28)13(2)18(23)20-16-8-6-5-7-15(16)19(24)29-3/h5-11,13H,1-4H3,(H,20,23). The normalized spacial score (nSPS) is 12.0. The lowest BCUT2D eigenvalue weighted by molar-refractivity contribution is -0.384. The summed E-state index contributed by atoms with van der Waals surface area (Å²) in [5.41, 5.74) is 0.368. The zero-order chi connectivity index (χ0) is 22.6. The van der Waals surface area contributed by atoms with E-state index in [4.69, 9.17) is 0 Å². The van der Waals surface area contributed by atoms with E-state index < -0.39 is 32.9 Å². The van der Waals surface area contributed by atoms with E-state index in [1.54, 1.807) is 19.1 Å². The zero-order valence-electron chi connectivity index (χ0n) is 16.8. The van der Waals surface area contributed by atoms with Crippen molar-refractivity contribution >= 4 is 39.0 Å². The number of esters is 1. The third-order valence-electron chi connectivity index (χ3n) is 4.32. The first-order chi connectivity index (χ1) is 14.0. The predicted molar refractivity (Wildman–Crippen MR) is 111 cm³/mol. The summed E-state index contributed by atoms with van der Waals surface area (Å²) < 4.78 is 30.5. The van der Waals surface area contributed by atoms with Crippen molar-refractivity contribution in [3.05, 3.63) is 63.7 Å². The van der Waals surface area contributed by atoms with Crippen LogP contribution in [0.4, 0.5) is 17.1 Å². The molecule has 0 saturated carbocycles. The molecule has 0 aliphatic carbocycles. The van der Waals surface area contributed by atoms with E-state index >= 15 is 0 Å². The number of hydrogen-bond acceptors (Lipinski definition) is 7. The molecule has 2 aromatic carbocycles. The first-order valence-corrected chi connectivity index (χ1v) is 10.5. The third-order valence-corrected chi connectivity index (χ3v) is 5.55. The van der Waals surface area contributed by atoms with E-state index in [1.807, 2.05) is 0 Å². The number of aryl methyl sites for hydroxylation is 1. The number of non-ortho nitro benzene ring substituents is 1. The van der Waals surface area contributed by atoms with E-state index in [2.05, 4.69) is 10.1 Å². The molecule has 1 unspecified atom stereocenters. The first kappa shape index (κ1) is 22.8. The van der Waals surface area contributed by atoms with Crippen LogP contribution >= 0.6 is 0 Å². The molecular weight excluding hydrogens is 414 g/mol. The van der Waals surface area contributed by atoms with Gasteiger partial charge in [0.2, 0.25) is 15.9 Å². The predicted octanol–water partition coefficient (Wildman–Crippen LogP) is 2.48. The van der Waals surface area contributed by atoms with Crippen LogP contribution in [0.1, 0.15) is 22.8 Å². The number of carbonyl (C=O) groups excluding carboxylic acids is 2. The number of nitro benzene ring substituents is 1. The van der Waals surface area contributed by atoms with Crippen LogP contribution in [0.3, 0.4) is 0 Å². The molecule has 10 nitrogen and oxygen atoms in total. The van der Waals surface area contributed by atoms with Gasteiger partial charge in [-0.1, -0.05) is 18.2 Å². The molecule has 0 aliphatic rings. The molecule has 0 saturated heterocycles. The first-order valence-electron chi connectivity index (χ1n) is 8.70. The van der Waals surface area contributed by atoms with Crippen molar-refractivity contribution in [2.45, 2.75) is 19.9 Å². The minimum absolute atomic E-state index is 0.00982. The monoisotopic (exact) mass is 435 g/mol. The van der Waals surface area contributed by atoms with Crippen molar-refractivity contribution in [1.29, 1.82) is 0 Å². The lowest BCUT2D eigenvalue weighted by Gasteiger charge is -2.29. The van der Waals surface area contributed by atoms with Gasteiger partial charge >= 0.3 is 5.97 Å². The second-order valence-electron chi connectivity index (χ2n) is 6.49. The number of amides is 1. The Kier molecular flexibility index (Phi) is 6.77.